The number of hydrogen-bond acceptors (Lipinski definition) is 3. The summed E-state index contributed by atoms with van der Waals surface area (Å²) in [4.78, 5) is 0. The van der Waals surface area contributed by atoms with Gasteiger partial charge in [-0.1, -0.05) is 0 Å². The third kappa shape index (κ3) is 2.28. The molecule has 0 radical (unpaired) electrons. The number of ether oxygens (including phenoxy) is 3. The van der Waals surface area contributed by atoms with Crippen LogP contribution in [0.2, 0.25) is 0 Å². The van der Waals surface area contributed by atoms with Crippen LogP contribution in [0.3, 0.4) is 0 Å². The molecule has 0 spiro atoms. The molecular formula is C15H24F2O3. The molecule has 0 aromatic carbocycles. The lowest BCUT2D eigenvalue weighted by atomic mass is 9.63. The van der Waals surface area contributed by atoms with E-state index < -0.39 is 18.4 Å². The van der Waals surface area contributed by atoms with Crippen molar-refractivity contribution in [1.29, 1.82) is 0 Å². The minimum Gasteiger partial charge on any atom is -0.378 e. The van der Waals surface area contributed by atoms with Gasteiger partial charge in [0.2, 0.25) is 0 Å². The van der Waals surface area contributed by atoms with Gasteiger partial charge in [-0.2, -0.15) is 0 Å². The van der Waals surface area contributed by atoms with Gasteiger partial charge in [0, 0.05) is 20.1 Å². The van der Waals surface area contributed by atoms with E-state index in [2.05, 4.69) is 0 Å². The lowest BCUT2D eigenvalue weighted by Crippen LogP contribution is -2.57. The molecule has 8 unspecified atom stereocenters. The number of methoxy groups -OCH3 is 2. The summed E-state index contributed by atoms with van der Waals surface area (Å²) in [6.45, 7) is 0.309. The fraction of sp³-hybridized carbons (Fsp3) is 1.00. The van der Waals surface area contributed by atoms with Crippen LogP contribution in [-0.4, -0.2) is 51.5 Å². The second kappa shape index (κ2) is 5.85. The maximum atomic E-state index is 14.5. The summed E-state index contributed by atoms with van der Waals surface area (Å²) < 4.78 is 45.0. The largest absolute Gasteiger partial charge is 0.378 e. The zero-order valence-electron chi connectivity index (χ0n) is 12.1. The minimum atomic E-state index is -1.09. The van der Waals surface area contributed by atoms with Gasteiger partial charge in [0.25, 0.3) is 0 Å². The molecule has 3 fully saturated rings. The zero-order valence-corrected chi connectivity index (χ0v) is 12.1. The molecule has 0 N–H and O–H groups in total. The van der Waals surface area contributed by atoms with Crippen LogP contribution >= 0.6 is 0 Å². The highest BCUT2D eigenvalue weighted by atomic mass is 19.1. The maximum absolute atomic E-state index is 14.5. The fourth-order valence-electron chi connectivity index (χ4n) is 4.51. The van der Waals surface area contributed by atoms with Crippen LogP contribution in [0.15, 0.2) is 0 Å². The summed E-state index contributed by atoms with van der Waals surface area (Å²) in [6.07, 6.45) is 0.0328. The first kappa shape index (κ1) is 14.7. The SMILES string of the molecule is COC1CCC2C(COC3C(F)C(OC)CCC23)C1F. The fourth-order valence-corrected chi connectivity index (χ4v) is 4.51. The summed E-state index contributed by atoms with van der Waals surface area (Å²) in [5, 5.41) is 0. The van der Waals surface area contributed by atoms with Crippen LogP contribution in [0.5, 0.6) is 0 Å². The molecule has 3 aliphatic rings. The predicted molar refractivity (Wildman–Crippen MR) is 70.1 cm³/mol. The van der Waals surface area contributed by atoms with E-state index in [-0.39, 0.29) is 30.0 Å². The Morgan fingerprint density at radius 1 is 0.800 bits per heavy atom. The molecule has 8 atom stereocenters. The summed E-state index contributed by atoms with van der Waals surface area (Å²) in [5.74, 6) is 0.221. The van der Waals surface area contributed by atoms with Gasteiger partial charge in [-0.3, -0.25) is 0 Å². The number of rotatable bonds is 2. The van der Waals surface area contributed by atoms with Gasteiger partial charge in [-0.05, 0) is 37.5 Å². The predicted octanol–water partition coefficient (Wildman–Crippen LogP) is 2.53. The van der Waals surface area contributed by atoms with Crippen molar-refractivity contribution in [1.82, 2.24) is 0 Å². The second-order valence-corrected chi connectivity index (χ2v) is 6.38. The zero-order chi connectivity index (χ0) is 14.3. The highest BCUT2D eigenvalue weighted by Crippen LogP contribution is 2.48. The van der Waals surface area contributed by atoms with E-state index in [4.69, 9.17) is 14.2 Å². The van der Waals surface area contributed by atoms with Crippen molar-refractivity contribution < 1.29 is 23.0 Å². The topological polar surface area (TPSA) is 27.7 Å². The summed E-state index contributed by atoms with van der Waals surface area (Å²) in [7, 11) is 3.11. The molecule has 116 valence electrons. The molecule has 2 aliphatic carbocycles. The average molecular weight is 290 g/mol. The highest BCUT2D eigenvalue weighted by molar-refractivity contribution is 5.01. The van der Waals surface area contributed by atoms with Crippen molar-refractivity contribution >= 4 is 0 Å². The molecule has 5 heteroatoms. The first-order valence-electron chi connectivity index (χ1n) is 7.62. The summed E-state index contributed by atoms with van der Waals surface area (Å²) in [5.41, 5.74) is 0. The number of halogens is 2. The molecule has 1 aliphatic heterocycles. The van der Waals surface area contributed by atoms with Crippen LogP contribution in [0.1, 0.15) is 25.7 Å². The monoisotopic (exact) mass is 290 g/mol. The smallest absolute Gasteiger partial charge is 0.152 e. The van der Waals surface area contributed by atoms with E-state index >= 15 is 0 Å². The van der Waals surface area contributed by atoms with E-state index in [1.54, 1.807) is 14.2 Å². The minimum absolute atomic E-state index is 0.131. The van der Waals surface area contributed by atoms with Gasteiger partial charge >= 0.3 is 0 Å². The van der Waals surface area contributed by atoms with Crippen LogP contribution in [-0.2, 0) is 14.2 Å². The van der Waals surface area contributed by atoms with Gasteiger partial charge < -0.3 is 14.2 Å². The van der Waals surface area contributed by atoms with Crippen molar-refractivity contribution in [2.75, 3.05) is 20.8 Å². The lowest BCUT2D eigenvalue weighted by molar-refractivity contribution is -0.200. The highest BCUT2D eigenvalue weighted by Gasteiger charge is 2.53. The van der Waals surface area contributed by atoms with E-state index in [1.807, 2.05) is 0 Å². The molecule has 0 aromatic heterocycles. The normalized spacial score (nSPS) is 52.2. The molecule has 3 rings (SSSR count). The molecule has 20 heavy (non-hydrogen) atoms. The molecular weight excluding hydrogens is 266 g/mol. The molecule has 0 amide bonds. The van der Waals surface area contributed by atoms with Gasteiger partial charge in [0.15, 0.2) is 6.17 Å². The van der Waals surface area contributed by atoms with Gasteiger partial charge in [0.05, 0.1) is 24.9 Å². The Labute approximate surface area is 119 Å². The van der Waals surface area contributed by atoms with E-state index in [9.17, 15) is 8.78 Å². The van der Waals surface area contributed by atoms with Gasteiger partial charge in [-0.15, -0.1) is 0 Å². The quantitative estimate of drug-likeness (QED) is 0.782. The van der Waals surface area contributed by atoms with Crippen LogP contribution in [0.25, 0.3) is 0 Å². The van der Waals surface area contributed by atoms with Gasteiger partial charge in [-0.25, -0.2) is 8.78 Å². The summed E-state index contributed by atoms with van der Waals surface area (Å²) >= 11 is 0. The van der Waals surface area contributed by atoms with E-state index in [1.165, 1.54) is 0 Å². The van der Waals surface area contributed by atoms with Crippen molar-refractivity contribution in [3.8, 4) is 0 Å². The van der Waals surface area contributed by atoms with Crippen molar-refractivity contribution in [3.05, 3.63) is 0 Å². The Hall–Kier alpha value is -0.260. The number of fused-ring (bicyclic) bond motifs is 3. The Bertz CT molecular complexity index is 309. The average Bonchev–Trinajstić information content (AvgIpc) is 2.48. The van der Waals surface area contributed by atoms with Crippen molar-refractivity contribution in [2.24, 2.45) is 17.8 Å². The Kier molecular flexibility index (Phi) is 4.29. The molecule has 1 heterocycles. The first-order valence-corrected chi connectivity index (χ1v) is 7.62. The standard InChI is InChI=1S/C15H24F2O3/c1-18-11-5-3-8-9-4-6-12(19-2)14(17)15(9)20-7-10(8)13(11)16/h8-15H,3-7H2,1-2H3. The third-order valence-electron chi connectivity index (χ3n) is 5.61. The first-order chi connectivity index (χ1) is 9.67. The molecule has 1 saturated heterocycles. The molecule has 2 saturated carbocycles. The lowest BCUT2D eigenvalue weighted by Gasteiger charge is -2.51. The van der Waals surface area contributed by atoms with Gasteiger partial charge in [0.1, 0.15) is 6.17 Å². The maximum Gasteiger partial charge on any atom is 0.152 e. The number of hydrogen-bond donors (Lipinski definition) is 0. The Balaban J connectivity index is 1.74. The van der Waals surface area contributed by atoms with Crippen molar-refractivity contribution in [2.45, 2.75) is 56.3 Å². The second-order valence-electron chi connectivity index (χ2n) is 6.38. The molecule has 0 aromatic rings. The van der Waals surface area contributed by atoms with Crippen LogP contribution < -0.4 is 0 Å². The van der Waals surface area contributed by atoms with Crippen LogP contribution in [0.4, 0.5) is 8.78 Å². The Morgan fingerprint density at radius 2 is 1.40 bits per heavy atom. The number of alkyl halides is 2. The van der Waals surface area contributed by atoms with Crippen molar-refractivity contribution in [3.63, 3.8) is 0 Å². The van der Waals surface area contributed by atoms with Crippen LogP contribution in [0, 0.1) is 17.8 Å². The summed E-state index contributed by atoms with van der Waals surface area (Å²) in [6, 6.07) is 0. The molecule has 0 bridgehead atoms. The molecule has 3 nitrogen and oxygen atoms in total. The Morgan fingerprint density at radius 3 is 2.05 bits per heavy atom. The third-order valence-corrected chi connectivity index (χ3v) is 5.61. The van der Waals surface area contributed by atoms with E-state index in [0.717, 1.165) is 19.3 Å². The van der Waals surface area contributed by atoms with E-state index in [0.29, 0.717) is 13.0 Å².